The molecule has 3 aromatic heterocycles. The minimum atomic E-state index is -0.176. The second-order valence-electron chi connectivity index (χ2n) is 7.20. The van der Waals surface area contributed by atoms with Gasteiger partial charge in [-0.3, -0.25) is 9.78 Å². The molecule has 5 nitrogen and oxygen atoms in total. The summed E-state index contributed by atoms with van der Waals surface area (Å²) in [5.74, 6) is 1.06. The summed E-state index contributed by atoms with van der Waals surface area (Å²) in [6.07, 6.45) is 1.78. The molecule has 0 aliphatic heterocycles. The van der Waals surface area contributed by atoms with Gasteiger partial charge in [0.15, 0.2) is 11.5 Å². The highest BCUT2D eigenvalue weighted by Gasteiger charge is 2.21. The summed E-state index contributed by atoms with van der Waals surface area (Å²) in [4.78, 5) is 21.8. The van der Waals surface area contributed by atoms with Crippen molar-refractivity contribution >= 4 is 22.2 Å². The second-order valence-corrected chi connectivity index (χ2v) is 8.15. The summed E-state index contributed by atoms with van der Waals surface area (Å²) in [7, 11) is 3.16. The van der Waals surface area contributed by atoms with E-state index in [1.54, 1.807) is 20.4 Å². The van der Waals surface area contributed by atoms with E-state index < -0.39 is 0 Å². The number of nitrogens with one attached hydrogen (secondary N) is 1. The first-order chi connectivity index (χ1) is 15.7. The maximum atomic E-state index is 13.4. The standard InChI is InChI=1S/C26H20N2O3S/c1-30-20-12-11-18-22(17-8-5-7-16(15-17)19-9-3-4-13-27-19)23(21-10-6-14-32-21)26(29)28-24(18)25(20)31-2/h3-15H,1-2H3,(H,28,29). The van der Waals surface area contributed by atoms with Crippen molar-refractivity contribution in [3.63, 3.8) is 0 Å². The summed E-state index contributed by atoms with van der Waals surface area (Å²) >= 11 is 1.54. The molecule has 0 aliphatic carbocycles. The van der Waals surface area contributed by atoms with Crippen molar-refractivity contribution in [3.8, 4) is 44.3 Å². The highest BCUT2D eigenvalue weighted by molar-refractivity contribution is 7.13. The van der Waals surface area contributed by atoms with E-state index in [4.69, 9.17) is 9.47 Å². The topological polar surface area (TPSA) is 64.2 Å². The van der Waals surface area contributed by atoms with Gasteiger partial charge in [0.1, 0.15) is 0 Å². The Morgan fingerprint density at radius 2 is 1.75 bits per heavy atom. The monoisotopic (exact) mass is 440 g/mol. The number of H-pyrrole nitrogens is 1. The Labute approximate surface area is 188 Å². The molecule has 0 spiro atoms. The fraction of sp³-hybridized carbons (Fsp3) is 0.0769. The highest BCUT2D eigenvalue weighted by atomic mass is 32.1. The molecule has 0 bridgehead atoms. The maximum absolute atomic E-state index is 13.4. The lowest BCUT2D eigenvalue weighted by atomic mass is 9.93. The third-order valence-corrected chi connectivity index (χ3v) is 6.30. The molecule has 5 aromatic rings. The van der Waals surface area contributed by atoms with Crippen molar-refractivity contribution in [1.82, 2.24) is 9.97 Å². The lowest BCUT2D eigenvalue weighted by Crippen LogP contribution is -2.11. The molecular weight excluding hydrogens is 420 g/mol. The summed E-state index contributed by atoms with van der Waals surface area (Å²) in [5.41, 5.74) is 4.71. The molecular formula is C26H20N2O3S. The molecule has 5 rings (SSSR count). The zero-order valence-electron chi connectivity index (χ0n) is 17.6. The summed E-state index contributed by atoms with van der Waals surface area (Å²) in [5, 5.41) is 2.85. The number of methoxy groups -OCH3 is 2. The highest BCUT2D eigenvalue weighted by Crippen LogP contribution is 2.42. The summed E-state index contributed by atoms with van der Waals surface area (Å²) in [6.45, 7) is 0. The van der Waals surface area contributed by atoms with Crippen LogP contribution in [0.1, 0.15) is 0 Å². The molecule has 2 aromatic carbocycles. The minimum absolute atomic E-state index is 0.176. The molecule has 6 heteroatoms. The zero-order chi connectivity index (χ0) is 22.1. The van der Waals surface area contributed by atoms with E-state index in [-0.39, 0.29) is 5.56 Å². The molecule has 0 atom stereocenters. The SMILES string of the molecule is COc1ccc2c(-c3cccc(-c4ccccn4)c3)c(-c3cccs3)c(=O)[nH]c2c1OC. The number of nitrogens with zero attached hydrogens (tertiary/aromatic N) is 1. The van der Waals surface area contributed by atoms with Gasteiger partial charge in [-0.15, -0.1) is 11.3 Å². The van der Waals surface area contributed by atoms with Gasteiger partial charge in [0.25, 0.3) is 5.56 Å². The number of benzene rings is 2. The van der Waals surface area contributed by atoms with Crippen molar-refractivity contribution in [2.75, 3.05) is 14.2 Å². The van der Waals surface area contributed by atoms with Crippen molar-refractivity contribution in [2.45, 2.75) is 0 Å². The van der Waals surface area contributed by atoms with Gasteiger partial charge in [0.05, 0.1) is 31.0 Å². The van der Waals surface area contributed by atoms with Crippen molar-refractivity contribution in [1.29, 1.82) is 0 Å². The van der Waals surface area contributed by atoms with E-state index in [0.29, 0.717) is 22.6 Å². The Balaban J connectivity index is 1.87. The lowest BCUT2D eigenvalue weighted by molar-refractivity contribution is 0.358. The number of aromatic nitrogens is 2. The van der Waals surface area contributed by atoms with Crippen molar-refractivity contribution in [3.05, 3.63) is 88.7 Å². The van der Waals surface area contributed by atoms with E-state index >= 15 is 0 Å². The van der Waals surface area contributed by atoms with Gasteiger partial charge in [-0.05, 0) is 47.3 Å². The largest absolute Gasteiger partial charge is 0.493 e. The van der Waals surface area contributed by atoms with Gasteiger partial charge < -0.3 is 14.5 Å². The average molecular weight is 441 g/mol. The Morgan fingerprint density at radius 3 is 2.47 bits per heavy atom. The van der Waals surface area contributed by atoms with Gasteiger partial charge in [-0.25, -0.2) is 0 Å². The molecule has 0 unspecified atom stereocenters. The Bertz CT molecular complexity index is 1460. The quantitative estimate of drug-likeness (QED) is 0.364. The van der Waals surface area contributed by atoms with Crippen LogP contribution in [0.25, 0.3) is 43.7 Å². The number of ether oxygens (including phenoxy) is 2. The van der Waals surface area contributed by atoms with Gasteiger partial charge in [0, 0.05) is 27.6 Å². The molecule has 0 amide bonds. The molecule has 32 heavy (non-hydrogen) atoms. The molecule has 0 saturated carbocycles. The maximum Gasteiger partial charge on any atom is 0.257 e. The molecule has 3 heterocycles. The van der Waals surface area contributed by atoms with E-state index in [9.17, 15) is 4.79 Å². The first kappa shape index (κ1) is 20.0. The minimum Gasteiger partial charge on any atom is -0.493 e. The third-order valence-electron chi connectivity index (χ3n) is 5.41. The Morgan fingerprint density at radius 1 is 0.875 bits per heavy atom. The van der Waals surface area contributed by atoms with Crippen molar-refractivity contribution in [2.24, 2.45) is 0 Å². The van der Waals surface area contributed by atoms with Gasteiger partial charge in [-0.2, -0.15) is 0 Å². The fourth-order valence-electron chi connectivity index (χ4n) is 4.01. The number of thiophene rings is 1. The number of pyridine rings is 2. The number of fused-ring (bicyclic) bond motifs is 1. The van der Waals surface area contributed by atoms with Crippen molar-refractivity contribution < 1.29 is 9.47 Å². The van der Waals surface area contributed by atoms with Crippen LogP contribution in [0.15, 0.2) is 83.1 Å². The second kappa shape index (κ2) is 8.32. The lowest BCUT2D eigenvalue weighted by Gasteiger charge is -2.16. The zero-order valence-corrected chi connectivity index (χ0v) is 18.4. The van der Waals surface area contributed by atoms with Crippen LogP contribution in [0, 0.1) is 0 Å². The van der Waals surface area contributed by atoms with Crippen LogP contribution in [-0.2, 0) is 0 Å². The molecule has 158 valence electrons. The first-order valence-corrected chi connectivity index (χ1v) is 11.0. The number of hydrogen-bond acceptors (Lipinski definition) is 5. The Hall–Kier alpha value is -3.90. The fourth-order valence-corrected chi connectivity index (χ4v) is 4.78. The van der Waals surface area contributed by atoms with E-state index in [0.717, 1.165) is 32.6 Å². The number of rotatable bonds is 5. The van der Waals surface area contributed by atoms with Crippen LogP contribution in [0.2, 0.25) is 0 Å². The third kappa shape index (κ3) is 3.35. The van der Waals surface area contributed by atoms with Gasteiger partial charge >= 0.3 is 0 Å². The normalized spacial score (nSPS) is 10.9. The molecule has 0 fully saturated rings. The van der Waals surface area contributed by atoms with E-state index in [1.165, 1.54) is 11.3 Å². The average Bonchev–Trinajstić information content (AvgIpc) is 3.37. The summed E-state index contributed by atoms with van der Waals surface area (Å²) < 4.78 is 11.1. The van der Waals surface area contributed by atoms with Crippen LogP contribution in [-0.4, -0.2) is 24.2 Å². The Kier molecular flexibility index (Phi) is 5.21. The molecule has 0 saturated heterocycles. The van der Waals surface area contributed by atoms with Crippen LogP contribution in [0.5, 0.6) is 11.5 Å². The van der Waals surface area contributed by atoms with Gasteiger partial charge in [0.2, 0.25) is 0 Å². The van der Waals surface area contributed by atoms with E-state index in [2.05, 4.69) is 16.0 Å². The predicted octanol–water partition coefficient (Wildman–Crippen LogP) is 6.00. The molecule has 0 aliphatic rings. The molecule has 0 radical (unpaired) electrons. The first-order valence-electron chi connectivity index (χ1n) is 10.1. The number of aromatic amines is 1. The van der Waals surface area contributed by atoms with Gasteiger partial charge in [-0.1, -0.05) is 30.3 Å². The number of hydrogen-bond donors (Lipinski definition) is 1. The summed E-state index contributed by atoms with van der Waals surface area (Å²) in [6, 6.07) is 21.7. The predicted molar refractivity (Wildman–Crippen MR) is 130 cm³/mol. The van der Waals surface area contributed by atoms with E-state index in [1.807, 2.05) is 66.0 Å². The smallest absolute Gasteiger partial charge is 0.257 e. The van der Waals surface area contributed by atoms with Crippen LogP contribution < -0.4 is 15.0 Å². The van der Waals surface area contributed by atoms with Crippen LogP contribution >= 0.6 is 11.3 Å². The molecule has 1 N–H and O–H groups in total. The van der Waals surface area contributed by atoms with Crippen LogP contribution in [0.3, 0.4) is 0 Å². The van der Waals surface area contributed by atoms with Crippen LogP contribution in [0.4, 0.5) is 0 Å².